The summed E-state index contributed by atoms with van der Waals surface area (Å²) in [4.78, 5) is 20.2. The molecule has 1 aromatic rings. The van der Waals surface area contributed by atoms with Crippen molar-refractivity contribution in [2.75, 3.05) is 31.9 Å². The lowest BCUT2D eigenvalue weighted by molar-refractivity contribution is 0.0766. The number of aromatic amines is 1. The number of H-pyrrole nitrogens is 1. The zero-order chi connectivity index (χ0) is 13.1. The molecule has 1 unspecified atom stereocenters. The van der Waals surface area contributed by atoms with Gasteiger partial charge in [0, 0.05) is 19.1 Å². The SMILES string of the molecule is CCN(CC)C1CCN(C(=O)c2nc(N)n[nH]2)C1. The summed E-state index contributed by atoms with van der Waals surface area (Å²) in [5.41, 5.74) is 5.40. The number of hydrogen-bond acceptors (Lipinski definition) is 5. The first-order valence-corrected chi connectivity index (χ1v) is 6.36. The second kappa shape index (κ2) is 5.34. The number of nitrogen functional groups attached to an aromatic ring is 1. The molecule has 18 heavy (non-hydrogen) atoms. The van der Waals surface area contributed by atoms with Crippen molar-refractivity contribution in [3.8, 4) is 0 Å². The molecule has 1 aliphatic rings. The Hall–Kier alpha value is -1.63. The molecular weight excluding hydrogens is 232 g/mol. The number of aromatic nitrogens is 3. The maximum atomic E-state index is 12.1. The molecule has 1 aliphatic heterocycles. The highest BCUT2D eigenvalue weighted by Crippen LogP contribution is 2.17. The van der Waals surface area contributed by atoms with Crippen LogP contribution in [0.2, 0.25) is 0 Å². The van der Waals surface area contributed by atoms with Crippen LogP contribution < -0.4 is 5.73 Å². The fourth-order valence-corrected chi connectivity index (χ4v) is 2.48. The third-order valence-electron chi connectivity index (χ3n) is 3.48. The van der Waals surface area contributed by atoms with E-state index in [0.29, 0.717) is 6.04 Å². The maximum Gasteiger partial charge on any atom is 0.291 e. The summed E-state index contributed by atoms with van der Waals surface area (Å²) in [5, 5.41) is 6.24. The van der Waals surface area contributed by atoms with E-state index in [4.69, 9.17) is 5.73 Å². The molecule has 0 bridgehead atoms. The molecule has 2 rings (SSSR count). The summed E-state index contributed by atoms with van der Waals surface area (Å²) in [6.45, 7) is 7.83. The summed E-state index contributed by atoms with van der Waals surface area (Å²) in [7, 11) is 0. The Morgan fingerprint density at radius 1 is 1.56 bits per heavy atom. The average molecular weight is 252 g/mol. The number of amides is 1. The van der Waals surface area contributed by atoms with E-state index in [1.165, 1.54) is 0 Å². The predicted molar refractivity (Wildman–Crippen MR) is 68.0 cm³/mol. The molecule has 7 nitrogen and oxygen atoms in total. The van der Waals surface area contributed by atoms with Gasteiger partial charge in [-0.3, -0.25) is 14.8 Å². The molecular formula is C11H20N6O. The van der Waals surface area contributed by atoms with Gasteiger partial charge in [0.25, 0.3) is 5.91 Å². The lowest BCUT2D eigenvalue weighted by atomic mass is 10.2. The first kappa shape index (κ1) is 12.8. The van der Waals surface area contributed by atoms with Crippen LogP contribution in [0.1, 0.15) is 30.9 Å². The van der Waals surface area contributed by atoms with Crippen molar-refractivity contribution in [2.24, 2.45) is 0 Å². The van der Waals surface area contributed by atoms with Crippen molar-refractivity contribution < 1.29 is 4.79 Å². The minimum absolute atomic E-state index is 0.109. The van der Waals surface area contributed by atoms with Gasteiger partial charge in [-0.15, -0.1) is 5.10 Å². The molecule has 1 amide bonds. The fourth-order valence-electron chi connectivity index (χ4n) is 2.48. The van der Waals surface area contributed by atoms with Crippen LogP contribution in [0.3, 0.4) is 0 Å². The van der Waals surface area contributed by atoms with Crippen molar-refractivity contribution in [3.63, 3.8) is 0 Å². The van der Waals surface area contributed by atoms with Gasteiger partial charge in [0.15, 0.2) is 0 Å². The zero-order valence-corrected chi connectivity index (χ0v) is 10.9. The van der Waals surface area contributed by atoms with E-state index in [1.807, 2.05) is 4.90 Å². The molecule has 0 saturated carbocycles. The number of anilines is 1. The van der Waals surface area contributed by atoms with Gasteiger partial charge >= 0.3 is 0 Å². The lowest BCUT2D eigenvalue weighted by Crippen LogP contribution is -2.38. The van der Waals surface area contributed by atoms with E-state index in [0.717, 1.165) is 32.6 Å². The van der Waals surface area contributed by atoms with Crippen molar-refractivity contribution in [3.05, 3.63) is 5.82 Å². The zero-order valence-electron chi connectivity index (χ0n) is 10.9. The molecule has 0 aromatic carbocycles. The Bertz CT molecular complexity index is 413. The summed E-state index contributed by atoms with van der Waals surface area (Å²) in [5.74, 6) is 0.222. The molecule has 1 fully saturated rings. The molecule has 0 spiro atoms. The second-order valence-corrected chi connectivity index (χ2v) is 4.46. The van der Waals surface area contributed by atoms with Crippen LogP contribution >= 0.6 is 0 Å². The van der Waals surface area contributed by atoms with Gasteiger partial charge in [-0.05, 0) is 19.5 Å². The third kappa shape index (κ3) is 2.45. The number of carbonyl (C=O) groups excluding carboxylic acids is 1. The summed E-state index contributed by atoms with van der Waals surface area (Å²) in [6, 6.07) is 0.448. The minimum Gasteiger partial charge on any atom is -0.366 e. The molecule has 7 heteroatoms. The molecule has 0 aliphatic carbocycles. The van der Waals surface area contributed by atoms with Gasteiger partial charge in [-0.2, -0.15) is 4.98 Å². The van der Waals surface area contributed by atoms with E-state index in [2.05, 4.69) is 33.9 Å². The molecule has 100 valence electrons. The van der Waals surface area contributed by atoms with Crippen LogP contribution in [0.15, 0.2) is 0 Å². The quantitative estimate of drug-likeness (QED) is 0.783. The van der Waals surface area contributed by atoms with E-state index < -0.39 is 0 Å². The van der Waals surface area contributed by atoms with Crippen LogP contribution in [0, 0.1) is 0 Å². The van der Waals surface area contributed by atoms with Gasteiger partial charge < -0.3 is 10.6 Å². The fraction of sp³-hybridized carbons (Fsp3) is 0.727. The summed E-state index contributed by atoms with van der Waals surface area (Å²) < 4.78 is 0. The van der Waals surface area contributed by atoms with E-state index >= 15 is 0 Å². The highest BCUT2D eigenvalue weighted by molar-refractivity contribution is 5.90. The minimum atomic E-state index is -0.117. The largest absolute Gasteiger partial charge is 0.366 e. The number of nitrogens with two attached hydrogens (primary N) is 1. The van der Waals surface area contributed by atoms with Crippen LogP contribution in [0.4, 0.5) is 5.95 Å². The number of likely N-dealkylation sites (N-methyl/N-ethyl adjacent to an activating group) is 1. The van der Waals surface area contributed by atoms with Crippen molar-refractivity contribution in [2.45, 2.75) is 26.3 Å². The standard InChI is InChI=1S/C11H20N6O/c1-3-16(4-2)8-5-6-17(7-8)10(18)9-13-11(12)15-14-9/h8H,3-7H2,1-2H3,(H3,12,13,14,15). The molecule has 3 N–H and O–H groups in total. The van der Waals surface area contributed by atoms with Crippen molar-refractivity contribution in [1.29, 1.82) is 0 Å². The van der Waals surface area contributed by atoms with Gasteiger partial charge in [0.05, 0.1) is 0 Å². The predicted octanol–water partition coefficient (Wildman–Crippen LogP) is -0.0568. The van der Waals surface area contributed by atoms with E-state index in [9.17, 15) is 4.79 Å². The highest BCUT2D eigenvalue weighted by Gasteiger charge is 2.30. The number of hydrogen-bond donors (Lipinski definition) is 2. The topological polar surface area (TPSA) is 91.1 Å². The Kier molecular flexibility index (Phi) is 3.81. The average Bonchev–Trinajstić information content (AvgIpc) is 2.99. The van der Waals surface area contributed by atoms with Crippen LogP contribution in [0.5, 0.6) is 0 Å². The monoisotopic (exact) mass is 252 g/mol. The number of likely N-dealkylation sites (tertiary alicyclic amines) is 1. The van der Waals surface area contributed by atoms with Crippen LogP contribution in [-0.4, -0.2) is 63.1 Å². The number of nitrogens with one attached hydrogen (secondary N) is 1. The molecule has 2 heterocycles. The molecule has 1 saturated heterocycles. The van der Waals surface area contributed by atoms with Crippen LogP contribution in [-0.2, 0) is 0 Å². The third-order valence-corrected chi connectivity index (χ3v) is 3.48. The first-order chi connectivity index (χ1) is 8.65. The van der Waals surface area contributed by atoms with E-state index in [-0.39, 0.29) is 17.7 Å². The Labute approximate surface area is 106 Å². The Balaban J connectivity index is 1.98. The van der Waals surface area contributed by atoms with Gasteiger partial charge in [-0.25, -0.2) is 0 Å². The van der Waals surface area contributed by atoms with Crippen molar-refractivity contribution in [1.82, 2.24) is 25.0 Å². The maximum absolute atomic E-state index is 12.1. The van der Waals surface area contributed by atoms with Crippen LogP contribution in [0.25, 0.3) is 0 Å². The van der Waals surface area contributed by atoms with Gasteiger partial charge in [-0.1, -0.05) is 13.8 Å². The number of nitrogens with zero attached hydrogens (tertiary/aromatic N) is 4. The van der Waals surface area contributed by atoms with Crippen molar-refractivity contribution >= 4 is 11.9 Å². The summed E-state index contributed by atoms with van der Waals surface area (Å²) >= 11 is 0. The summed E-state index contributed by atoms with van der Waals surface area (Å²) in [6.07, 6.45) is 1.01. The Morgan fingerprint density at radius 2 is 2.28 bits per heavy atom. The number of rotatable bonds is 4. The molecule has 1 atom stereocenters. The Morgan fingerprint density at radius 3 is 2.83 bits per heavy atom. The van der Waals surface area contributed by atoms with Gasteiger partial charge in [0.2, 0.25) is 11.8 Å². The van der Waals surface area contributed by atoms with Gasteiger partial charge in [0.1, 0.15) is 0 Å². The van der Waals surface area contributed by atoms with E-state index in [1.54, 1.807) is 0 Å². The first-order valence-electron chi connectivity index (χ1n) is 6.36. The highest BCUT2D eigenvalue weighted by atomic mass is 16.2. The normalized spacial score (nSPS) is 19.7. The molecule has 0 radical (unpaired) electrons. The molecule has 1 aromatic heterocycles. The lowest BCUT2D eigenvalue weighted by Gasteiger charge is -2.25. The second-order valence-electron chi connectivity index (χ2n) is 4.46. The number of carbonyl (C=O) groups is 1. The smallest absolute Gasteiger partial charge is 0.291 e.